The van der Waals surface area contributed by atoms with Crippen molar-refractivity contribution in [3.05, 3.63) is 101 Å². The van der Waals surface area contributed by atoms with Crippen LogP contribution < -0.4 is 5.32 Å². The SMILES string of the molecule is CO[C@@H](C(=O)NCc1c(C)ncc2c1CCN(C(=O)c1cc3ccccc3o1)C2)c1ccccc1. The van der Waals surface area contributed by atoms with E-state index in [0.717, 1.165) is 33.3 Å². The minimum Gasteiger partial charge on any atom is -0.451 e. The number of rotatable bonds is 6. The van der Waals surface area contributed by atoms with Gasteiger partial charge in [0.2, 0.25) is 0 Å². The van der Waals surface area contributed by atoms with Crippen LogP contribution >= 0.6 is 0 Å². The van der Waals surface area contributed by atoms with Crippen LogP contribution in [0.2, 0.25) is 0 Å². The van der Waals surface area contributed by atoms with Crippen LogP contribution in [-0.2, 0) is 29.0 Å². The highest BCUT2D eigenvalue weighted by Crippen LogP contribution is 2.27. The van der Waals surface area contributed by atoms with Gasteiger partial charge in [-0.15, -0.1) is 0 Å². The molecule has 1 atom stereocenters. The third-order valence-electron chi connectivity index (χ3n) is 6.53. The minimum atomic E-state index is -0.680. The van der Waals surface area contributed by atoms with E-state index in [-0.39, 0.29) is 11.8 Å². The van der Waals surface area contributed by atoms with Crippen molar-refractivity contribution in [3.63, 3.8) is 0 Å². The van der Waals surface area contributed by atoms with Gasteiger partial charge < -0.3 is 19.4 Å². The Morgan fingerprint density at radius 1 is 1.14 bits per heavy atom. The predicted molar refractivity (Wildman–Crippen MR) is 132 cm³/mol. The first-order chi connectivity index (χ1) is 17.0. The lowest BCUT2D eigenvalue weighted by Gasteiger charge is -2.30. The number of ether oxygens (including phenoxy) is 1. The van der Waals surface area contributed by atoms with Crippen LogP contribution in [0, 0.1) is 6.92 Å². The number of fused-ring (bicyclic) bond motifs is 2. The highest BCUT2D eigenvalue weighted by molar-refractivity contribution is 5.96. The van der Waals surface area contributed by atoms with E-state index in [4.69, 9.17) is 9.15 Å². The number of hydrogen-bond acceptors (Lipinski definition) is 5. The first kappa shape index (κ1) is 22.8. The molecular formula is C28H27N3O4. The van der Waals surface area contributed by atoms with Crippen LogP contribution in [0.15, 0.2) is 71.3 Å². The van der Waals surface area contributed by atoms with Crippen molar-refractivity contribution >= 4 is 22.8 Å². The maximum absolute atomic E-state index is 13.1. The summed E-state index contributed by atoms with van der Waals surface area (Å²) >= 11 is 0. The molecule has 3 heterocycles. The van der Waals surface area contributed by atoms with Gasteiger partial charge in [-0.3, -0.25) is 14.6 Å². The molecule has 1 aliphatic rings. The van der Waals surface area contributed by atoms with Gasteiger partial charge in [-0.1, -0.05) is 48.5 Å². The van der Waals surface area contributed by atoms with Crippen molar-refractivity contribution in [1.29, 1.82) is 0 Å². The second-order valence-electron chi connectivity index (χ2n) is 8.70. The largest absolute Gasteiger partial charge is 0.451 e. The second-order valence-corrected chi connectivity index (χ2v) is 8.70. The average molecular weight is 470 g/mol. The number of amides is 2. The number of carbonyl (C=O) groups is 2. The smallest absolute Gasteiger partial charge is 0.289 e. The molecule has 5 rings (SSSR count). The zero-order valence-corrected chi connectivity index (χ0v) is 19.8. The van der Waals surface area contributed by atoms with Gasteiger partial charge in [0.15, 0.2) is 11.9 Å². The fourth-order valence-electron chi connectivity index (χ4n) is 4.66. The maximum atomic E-state index is 13.1. The number of furan rings is 1. The molecule has 1 N–H and O–H groups in total. The number of methoxy groups -OCH3 is 1. The number of nitrogens with one attached hydrogen (secondary N) is 1. The zero-order chi connectivity index (χ0) is 24.4. The highest BCUT2D eigenvalue weighted by Gasteiger charge is 2.27. The molecule has 2 aromatic carbocycles. The van der Waals surface area contributed by atoms with Crippen LogP contribution in [0.25, 0.3) is 11.0 Å². The lowest BCUT2D eigenvalue weighted by Crippen LogP contribution is -2.37. The van der Waals surface area contributed by atoms with Gasteiger partial charge in [0.25, 0.3) is 11.8 Å². The molecule has 35 heavy (non-hydrogen) atoms. The first-order valence-corrected chi connectivity index (χ1v) is 11.6. The van der Waals surface area contributed by atoms with Crippen molar-refractivity contribution in [3.8, 4) is 0 Å². The van der Waals surface area contributed by atoms with Gasteiger partial charge >= 0.3 is 0 Å². The van der Waals surface area contributed by atoms with Gasteiger partial charge in [0.1, 0.15) is 5.58 Å². The van der Waals surface area contributed by atoms with Gasteiger partial charge in [0.05, 0.1) is 0 Å². The van der Waals surface area contributed by atoms with Crippen molar-refractivity contribution in [1.82, 2.24) is 15.2 Å². The van der Waals surface area contributed by atoms with Crippen LogP contribution in [0.1, 0.15) is 44.6 Å². The number of benzene rings is 2. The topological polar surface area (TPSA) is 84.7 Å². The Balaban J connectivity index is 1.31. The quantitative estimate of drug-likeness (QED) is 0.454. The Labute approximate surface area is 203 Å². The number of pyridine rings is 1. The number of para-hydroxylation sites is 1. The van der Waals surface area contributed by atoms with E-state index < -0.39 is 6.10 Å². The lowest BCUT2D eigenvalue weighted by atomic mass is 9.94. The molecule has 4 aromatic rings. The molecule has 0 radical (unpaired) electrons. The normalized spacial score (nSPS) is 13.9. The summed E-state index contributed by atoms with van der Waals surface area (Å²) in [6.45, 7) is 3.31. The maximum Gasteiger partial charge on any atom is 0.289 e. The fourth-order valence-corrected chi connectivity index (χ4v) is 4.66. The standard InChI is InChI=1S/C28H27N3O4/c1-18-23(16-30-27(32)26(34-2)19-8-4-3-5-9-19)22-12-13-31(17-21(22)15-29-18)28(33)25-14-20-10-6-7-11-24(20)35-25/h3-11,14-15,26H,12-13,16-17H2,1-2H3,(H,30,32)/t26-/m1/s1. The van der Waals surface area contributed by atoms with E-state index in [0.29, 0.717) is 37.4 Å². The van der Waals surface area contributed by atoms with Crippen molar-refractivity contribution < 1.29 is 18.7 Å². The van der Waals surface area contributed by atoms with E-state index in [9.17, 15) is 9.59 Å². The van der Waals surface area contributed by atoms with E-state index in [1.54, 1.807) is 11.0 Å². The van der Waals surface area contributed by atoms with Gasteiger partial charge in [-0.05, 0) is 47.7 Å². The molecule has 7 heteroatoms. The van der Waals surface area contributed by atoms with Crippen molar-refractivity contribution in [2.24, 2.45) is 0 Å². The minimum absolute atomic E-state index is 0.131. The molecular weight excluding hydrogens is 442 g/mol. The van der Waals surface area contributed by atoms with E-state index in [1.165, 1.54) is 7.11 Å². The van der Waals surface area contributed by atoms with E-state index in [1.807, 2.05) is 67.7 Å². The molecule has 2 aromatic heterocycles. The Morgan fingerprint density at radius 2 is 1.91 bits per heavy atom. The summed E-state index contributed by atoms with van der Waals surface area (Å²) in [4.78, 5) is 32.3. The summed E-state index contributed by atoms with van der Waals surface area (Å²) in [5.74, 6) is 0.00926. The molecule has 0 unspecified atom stereocenters. The number of hydrogen-bond donors (Lipinski definition) is 1. The molecule has 0 aliphatic carbocycles. The zero-order valence-electron chi connectivity index (χ0n) is 19.8. The molecule has 7 nitrogen and oxygen atoms in total. The summed E-state index contributed by atoms with van der Waals surface area (Å²) in [6, 6.07) is 18.8. The Kier molecular flexibility index (Phi) is 6.33. The summed E-state index contributed by atoms with van der Waals surface area (Å²) in [5, 5.41) is 3.93. The van der Waals surface area contributed by atoms with Crippen LogP contribution in [0.3, 0.4) is 0 Å². The molecule has 0 spiro atoms. The van der Waals surface area contributed by atoms with Gasteiger partial charge in [-0.2, -0.15) is 0 Å². The summed E-state index contributed by atoms with van der Waals surface area (Å²) in [6.07, 6.45) is 1.83. The molecule has 0 saturated carbocycles. The predicted octanol–water partition coefficient (Wildman–Crippen LogP) is 4.34. The third-order valence-corrected chi connectivity index (χ3v) is 6.53. The van der Waals surface area contributed by atoms with Crippen molar-refractivity contribution in [2.75, 3.05) is 13.7 Å². The van der Waals surface area contributed by atoms with Gasteiger partial charge in [0, 0.05) is 44.0 Å². The van der Waals surface area contributed by atoms with E-state index >= 15 is 0 Å². The number of aryl methyl sites for hydroxylation is 1. The first-order valence-electron chi connectivity index (χ1n) is 11.6. The molecule has 2 amide bonds. The van der Waals surface area contributed by atoms with Crippen LogP contribution in [0.4, 0.5) is 0 Å². The highest BCUT2D eigenvalue weighted by atomic mass is 16.5. The lowest BCUT2D eigenvalue weighted by molar-refractivity contribution is -0.131. The number of aromatic nitrogens is 1. The second kappa shape index (κ2) is 9.72. The van der Waals surface area contributed by atoms with Crippen molar-refractivity contribution in [2.45, 2.75) is 32.5 Å². The third kappa shape index (κ3) is 4.55. The summed E-state index contributed by atoms with van der Waals surface area (Å²) in [5.41, 5.74) is 5.50. The Hall–Kier alpha value is -3.97. The summed E-state index contributed by atoms with van der Waals surface area (Å²) in [7, 11) is 1.53. The average Bonchev–Trinajstić information content (AvgIpc) is 3.33. The molecule has 0 saturated heterocycles. The number of carbonyl (C=O) groups excluding carboxylic acids is 2. The monoisotopic (exact) mass is 469 g/mol. The molecule has 0 fully saturated rings. The Bertz CT molecular complexity index is 1350. The molecule has 0 bridgehead atoms. The van der Waals surface area contributed by atoms with Gasteiger partial charge in [-0.25, -0.2) is 0 Å². The molecule has 1 aliphatic heterocycles. The summed E-state index contributed by atoms with van der Waals surface area (Å²) < 4.78 is 11.2. The Morgan fingerprint density at radius 3 is 2.69 bits per heavy atom. The number of nitrogens with zero attached hydrogens (tertiary/aromatic N) is 2. The molecule has 178 valence electrons. The van der Waals surface area contributed by atoms with Crippen LogP contribution in [-0.4, -0.2) is 35.4 Å². The van der Waals surface area contributed by atoms with Crippen LogP contribution in [0.5, 0.6) is 0 Å². The van der Waals surface area contributed by atoms with E-state index in [2.05, 4.69) is 10.3 Å². The fraction of sp³-hybridized carbons (Fsp3) is 0.250.